The molecule has 1 aromatic heterocycles. The summed E-state index contributed by atoms with van der Waals surface area (Å²) in [5.74, 6) is 0.484. The number of nitrogens with two attached hydrogens (primary N) is 1. The van der Waals surface area contributed by atoms with E-state index in [0.29, 0.717) is 16.5 Å². The molecule has 2 aromatic carbocycles. The van der Waals surface area contributed by atoms with Crippen molar-refractivity contribution in [2.45, 2.75) is 0 Å². The summed E-state index contributed by atoms with van der Waals surface area (Å²) < 4.78 is 5.74. The molecule has 0 spiro atoms. The van der Waals surface area contributed by atoms with Crippen molar-refractivity contribution in [1.29, 1.82) is 0 Å². The molecular weight excluding hydrogens is 294 g/mol. The highest BCUT2D eigenvalue weighted by Crippen LogP contribution is 2.30. The van der Waals surface area contributed by atoms with Crippen LogP contribution >= 0.6 is 23.8 Å². The number of thiocarbonyl (C=S) groups is 1. The smallest absolute Gasteiger partial charge is 0.228 e. The molecule has 0 aliphatic rings. The van der Waals surface area contributed by atoms with Gasteiger partial charge in [-0.05, 0) is 36.5 Å². The van der Waals surface area contributed by atoms with Gasteiger partial charge in [-0.3, -0.25) is 0 Å². The van der Waals surface area contributed by atoms with Crippen LogP contribution in [0.1, 0.15) is 0 Å². The Hall–Kier alpha value is -2.11. The molecule has 3 rings (SSSR count). The largest absolute Gasteiger partial charge is 0.436 e. The number of fused-ring (bicyclic) bond motifs is 1. The average Bonchev–Trinajstić information content (AvgIpc) is 2.81. The minimum absolute atomic E-state index is 0.204. The van der Waals surface area contributed by atoms with Crippen LogP contribution in [0.25, 0.3) is 22.6 Å². The molecule has 0 amide bonds. The van der Waals surface area contributed by atoms with Gasteiger partial charge in [0.1, 0.15) is 5.52 Å². The van der Waals surface area contributed by atoms with Crippen LogP contribution in [0.2, 0.25) is 5.02 Å². The Kier molecular flexibility index (Phi) is 3.30. The Bertz CT molecular complexity index is 800. The van der Waals surface area contributed by atoms with Crippen molar-refractivity contribution in [3.05, 3.63) is 47.5 Å². The standard InChI is InChI=1S/C14H10ClN3OS/c15-10-4-2-1-3-9(10)13-18-11-6-5-8(17-14(16)20)7-12(11)19-13/h1-7H,(H3,16,17,20). The van der Waals surface area contributed by atoms with E-state index < -0.39 is 0 Å². The molecular formula is C14H10ClN3OS. The Morgan fingerprint density at radius 3 is 2.80 bits per heavy atom. The molecule has 0 aliphatic heterocycles. The van der Waals surface area contributed by atoms with Gasteiger partial charge in [0.2, 0.25) is 5.89 Å². The van der Waals surface area contributed by atoms with Gasteiger partial charge in [0, 0.05) is 11.8 Å². The van der Waals surface area contributed by atoms with Gasteiger partial charge in [0.05, 0.1) is 10.6 Å². The van der Waals surface area contributed by atoms with Crippen molar-refractivity contribution in [2.75, 3.05) is 5.32 Å². The molecule has 20 heavy (non-hydrogen) atoms. The molecule has 4 nitrogen and oxygen atoms in total. The third kappa shape index (κ3) is 2.45. The van der Waals surface area contributed by atoms with E-state index in [2.05, 4.69) is 10.3 Å². The normalized spacial score (nSPS) is 10.7. The van der Waals surface area contributed by atoms with E-state index in [9.17, 15) is 0 Å². The van der Waals surface area contributed by atoms with Crippen LogP contribution in [-0.4, -0.2) is 10.1 Å². The summed E-state index contributed by atoms with van der Waals surface area (Å²) in [4.78, 5) is 4.42. The fourth-order valence-electron chi connectivity index (χ4n) is 1.89. The monoisotopic (exact) mass is 303 g/mol. The third-order valence-corrected chi connectivity index (χ3v) is 3.19. The van der Waals surface area contributed by atoms with Crippen molar-refractivity contribution < 1.29 is 4.42 Å². The van der Waals surface area contributed by atoms with Gasteiger partial charge < -0.3 is 15.5 Å². The quantitative estimate of drug-likeness (QED) is 0.705. The van der Waals surface area contributed by atoms with E-state index in [1.165, 1.54) is 0 Å². The van der Waals surface area contributed by atoms with E-state index in [0.717, 1.165) is 16.8 Å². The summed E-state index contributed by atoms with van der Waals surface area (Å²) in [6.07, 6.45) is 0. The highest BCUT2D eigenvalue weighted by molar-refractivity contribution is 7.80. The molecule has 0 fully saturated rings. The number of hydrogen-bond donors (Lipinski definition) is 2. The molecule has 0 aliphatic carbocycles. The molecule has 0 atom stereocenters. The van der Waals surface area contributed by atoms with Crippen molar-refractivity contribution in [3.8, 4) is 11.5 Å². The summed E-state index contributed by atoms with van der Waals surface area (Å²) in [6.45, 7) is 0. The van der Waals surface area contributed by atoms with Crippen LogP contribution in [0.4, 0.5) is 5.69 Å². The third-order valence-electron chi connectivity index (χ3n) is 2.76. The highest BCUT2D eigenvalue weighted by Gasteiger charge is 2.11. The summed E-state index contributed by atoms with van der Waals surface area (Å²) in [7, 11) is 0. The molecule has 3 aromatic rings. The molecule has 0 bridgehead atoms. The summed E-state index contributed by atoms with van der Waals surface area (Å²) in [5.41, 5.74) is 8.34. The Morgan fingerprint density at radius 1 is 1.25 bits per heavy atom. The van der Waals surface area contributed by atoms with E-state index in [-0.39, 0.29) is 5.11 Å². The van der Waals surface area contributed by atoms with Crippen LogP contribution in [0.3, 0.4) is 0 Å². The molecule has 100 valence electrons. The van der Waals surface area contributed by atoms with Gasteiger partial charge in [-0.2, -0.15) is 0 Å². The summed E-state index contributed by atoms with van der Waals surface area (Å²) >= 11 is 10.9. The molecule has 0 saturated carbocycles. The van der Waals surface area contributed by atoms with Gasteiger partial charge in [0.15, 0.2) is 10.7 Å². The minimum Gasteiger partial charge on any atom is -0.436 e. The summed E-state index contributed by atoms with van der Waals surface area (Å²) in [6, 6.07) is 12.9. The van der Waals surface area contributed by atoms with Gasteiger partial charge in [-0.1, -0.05) is 23.7 Å². The first-order chi connectivity index (χ1) is 9.63. The van der Waals surface area contributed by atoms with Crippen molar-refractivity contribution >= 4 is 45.7 Å². The zero-order chi connectivity index (χ0) is 14.1. The fraction of sp³-hybridized carbons (Fsp3) is 0. The lowest BCUT2D eigenvalue weighted by molar-refractivity contribution is 0.620. The second kappa shape index (κ2) is 5.11. The second-order valence-corrected chi connectivity index (χ2v) is 5.02. The maximum Gasteiger partial charge on any atom is 0.228 e. The number of nitrogens with zero attached hydrogens (tertiary/aromatic N) is 1. The zero-order valence-electron chi connectivity index (χ0n) is 10.3. The summed E-state index contributed by atoms with van der Waals surface area (Å²) in [5, 5.41) is 3.65. The number of anilines is 1. The minimum atomic E-state index is 0.204. The van der Waals surface area contributed by atoms with Gasteiger partial charge in [-0.25, -0.2) is 4.98 Å². The number of nitrogens with one attached hydrogen (secondary N) is 1. The molecule has 0 saturated heterocycles. The van der Waals surface area contributed by atoms with Crippen LogP contribution in [0.5, 0.6) is 0 Å². The highest BCUT2D eigenvalue weighted by atomic mass is 35.5. The molecule has 0 radical (unpaired) electrons. The molecule has 3 N–H and O–H groups in total. The number of halogens is 1. The van der Waals surface area contributed by atoms with Crippen LogP contribution in [0.15, 0.2) is 46.9 Å². The maximum absolute atomic E-state index is 6.14. The lowest BCUT2D eigenvalue weighted by Gasteiger charge is -2.01. The first-order valence-corrected chi connectivity index (χ1v) is 6.64. The van der Waals surface area contributed by atoms with E-state index >= 15 is 0 Å². The van der Waals surface area contributed by atoms with Gasteiger partial charge in [-0.15, -0.1) is 0 Å². The molecule has 6 heteroatoms. The van der Waals surface area contributed by atoms with E-state index in [1.54, 1.807) is 12.1 Å². The van der Waals surface area contributed by atoms with Crippen molar-refractivity contribution in [2.24, 2.45) is 5.73 Å². The van der Waals surface area contributed by atoms with Crippen LogP contribution in [-0.2, 0) is 0 Å². The van der Waals surface area contributed by atoms with Crippen molar-refractivity contribution in [3.63, 3.8) is 0 Å². The van der Waals surface area contributed by atoms with Crippen LogP contribution in [0, 0.1) is 0 Å². The Balaban J connectivity index is 2.07. The second-order valence-electron chi connectivity index (χ2n) is 4.17. The van der Waals surface area contributed by atoms with E-state index in [4.69, 9.17) is 34.0 Å². The van der Waals surface area contributed by atoms with E-state index in [1.807, 2.05) is 30.3 Å². The Labute approximate surface area is 125 Å². The number of rotatable bonds is 2. The van der Waals surface area contributed by atoms with Gasteiger partial charge >= 0.3 is 0 Å². The number of aromatic nitrogens is 1. The number of oxazole rings is 1. The van der Waals surface area contributed by atoms with Crippen molar-refractivity contribution in [1.82, 2.24) is 4.98 Å². The number of benzene rings is 2. The molecule has 0 unspecified atom stereocenters. The Morgan fingerprint density at radius 2 is 2.05 bits per heavy atom. The topological polar surface area (TPSA) is 64.1 Å². The average molecular weight is 304 g/mol. The zero-order valence-corrected chi connectivity index (χ0v) is 11.8. The lowest BCUT2D eigenvalue weighted by atomic mass is 10.2. The van der Waals surface area contributed by atoms with Gasteiger partial charge in [0.25, 0.3) is 0 Å². The van der Waals surface area contributed by atoms with Crippen LogP contribution < -0.4 is 11.1 Å². The predicted molar refractivity (Wildman–Crippen MR) is 84.9 cm³/mol. The fourth-order valence-corrected chi connectivity index (χ4v) is 2.23. The SMILES string of the molecule is NC(=S)Nc1ccc2nc(-c3ccccc3Cl)oc2c1. The molecule has 1 heterocycles. The first kappa shape index (κ1) is 12.9. The first-order valence-electron chi connectivity index (χ1n) is 5.85. The maximum atomic E-state index is 6.14. The number of hydrogen-bond acceptors (Lipinski definition) is 3. The predicted octanol–water partition coefficient (Wildman–Crippen LogP) is 3.80. The lowest BCUT2D eigenvalue weighted by Crippen LogP contribution is -2.18.